The Bertz CT molecular complexity index is 736. The van der Waals surface area contributed by atoms with Crippen LogP contribution >= 0.6 is 27.3 Å². The summed E-state index contributed by atoms with van der Waals surface area (Å²) in [6.45, 7) is 2.03. The monoisotopic (exact) mass is 319 g/mol. The highest BCUT2D eigenvalue weighted by molar-refractivity contribution is 9.11. The molecule has 0 aliphatic carbocycles. The Balaban J connectivity index is 2.29. The second-order valence-corrected chi connectivity index (χ2v) is 6.33. The van der Waals surface area contributed by atoms with Crippen molar-refractivity contribution in [2.45, 2.75) is 6.92 Å². The third-order valence-corrected chi connectivity index (χ3v) is 4.29. The van der Waals surface area contributed by atoms with Gasteiger partial charge in [-0.2, -0.15) is 0 Å². The molecular weight excluding hydrogens is 310 g/mol. The summed E-state index contributed by atoms with van der Waals surface area (Å²) in [5, 5.41) is 2.93. The number of thiophene rings is 1. The highest BCUT2D eigenvalue weighted by atomic mass is 79.9. The largest absolute Gasteiger partial charge is 0.383 e. The number of hydrogen-bond donors (Lipinski definition) is 1. The first-order valence-corrected chi connectivity index (χ1v) is 7.09. The summed E-state index contributed by atoms with van der Waals surface area (Å²) in [5.41, 5.74) is 9.03. The molecule has 0 unspecified atom stereocenters. The maximum absolute atomic E-state index is 6.01. The fourth-order valence-electron chi connectivity index (χ4n) is 1.88. The number of aromatic nitrogens is 2. The standard InChI is InChI=1S/C13H10BrN3S/c1-7-3-2-4-9-11(7)16-13(17-12(9)15)8-5-10(14)18-6-8/h2-6H,1H3,(H2,15,16,17). The molecule has 0 aliphatic rings. The Morgan fingerprint density at radius 3 is 2.83 bits per heavy atom. The van der Waals surface area contributed by atoms with Crippen molar-refractivity contribution >= 4 is 44.0 Å². The van der Waals surface area contributed by atoms with E-state index in [0.29, 0.717) is 11.6 Å². The molecule has 0 bridgehead atoms. The topological polar surface area (TPSA) is 51.8 Å². The molecule has 2 N–H and O–H groups in total. The number of nitrogens with zero attached hydrogens (tertiary/aromatic N) is 2. The normalized spacial score (nSPS) is 11.0. The molecule has 0 saturated carbocycles. The molecule has 1 aromatic carbocycles. The number of nitrogens with two attached hydrogens (primary N) is 1. The van der Waals surface area contributed by atoms with E-state index in [9.17, 15) is 0 Å². The number of halogens is 1. The number of hydrogen-bond acceptors (Lipinski definition) is 4. The maximum atomic E-state index is 6.01. The molecular formula is C13H10BrN3S. The SMILES string of the molecule is Cc1cccc2c(N)nc(-c3csc(Br)c3)nc12. The smallest absolute Gasteiger partial charge is 0.163 e. The highest BCUT2D eigenvalue weighted by Crippen LogP contribution is 2.29. The molecule has 3 nitrogen and oxygen atoms in total. The van der Waals surface area contributed by atoms with E-state index < -0.39 is 0 Å². The molecule has 2 aromatic heterocycles. The molecule has 0 amide bonds. The Labute approximate surface area is 117 Å². The Hall–Kier alpha value is -1.46. The van der Waals surface area contributed by atoms with Crippen LogP contribution in [-0.4, -0.2) is 9.97 Å². The van der Waals surface area contributed by atoms with Gasteiger partial charge in [0.2, 0.25) is 0 Å². The Kier molecular flexibility index (Phi) is 2.80. The average molecular weight is 320 g/mol. The zero-order valence-corrected chi connectivity index (χ0v) is 12.0. The van der Waals surface area contributed by atoms with Gasteiger partial charge >= 0.3 is 0 Å². The molecule has 90 valence electrons. The van der Waals surface area contributed by atoms with Gasteiger partial charge in [0, 0.05) is 16.3 Å². The number of rotatable bonds is 1. The summed E-state index contributed by atoms with van der Waals surface area (Å²) < 4.78 is 1.06. The number of aryl methyl sites for hydroxylation is 1. The van der Waals surface area contributed by atoms with Crippen molar-refractivity contribution in [3.63, 3.8) is 0 Å². The van der Waals surface area contributed by atoms with Crippen molar-refractivity contribution in [1.29, 1.82) is 0 Å². The molecule has 0 saturated heterocycles. The molecule has 3 rings (SSSR count). The van der Waals surface area contributed by atoms with Gasteiger partial charge in [-0.15, -0.1) is 11.3 Å². The van der Waals surface area contributed by atoms with Crippen LogP contribution in [0.5, 0.6) is 0 Å². The minimum atomic E-state index is 0.529. The lowest BCUT2D eigenvalue weighted by molar-refractivity contribution is 1.23. The van der Waals surface area contributed by atoms with Gasteiger partial charge in [0.25, 0.3) is 0 Å². The van der Waals surface area contributed by atoms with Gasteiger partial charge < -0.3 is 5.73 Å². The van der Waals surface area contributed by atoms with Gasteiger partial charge in [-0.25, -0.2) is 9.97 Å². The highest BCUT2D eigenvalue weighted by Gasteiger charge is 2.09. The first kappa shape index (κ1) is 11.6. The lowest BCUT2D eigenvalue weighted by Crippen LogP contribution is -1.98. The molecule has 3 aromatic rings. The molecule has 0 atom stereocenters. The summed E-state index contributed by atoms with van der Waals surface area (Å²) in [4.78, 5) is 8.99. The van der Waals surface area contributed by atoms with Crippen molar-refractivity contribution in [2.24, 2.45) is 0 Å². The number of anilines is 1. The number of nitrogen functional groups attached to an aromatic ring is 1. The summed E-state index contributed by atoms with van der Waals surface area (Å²) in [6, 6.07) is 7.95. The summed E-state index contributed by atoms with van der Waals surface area (Å²) in [5.74, 6) is 1.21. The summed E-state index contributed by atoms with van der Waals surface area (Å²) in [6.07, 6.45) is 0. The fraction of sp³-hybridized carbons (Fsp3) is 0.0769. The van der Waals surface area contributed by atoms with Crippen LogP contribution in [0, 0.1) is 6.92 Å². The lowest BCUT2D eigenvalue weighted by Gasteiger charge is -2.06. The minimum Gasteiger partial charge on any atom is -0.383 e. The molecule has 5 heteroatoms. The Morgan fingerprint density at radius 2 is 2.11 bits per heavy atom. The third kappa shape index (κ3) is 1.89. The second-order valence-electron chi connectivity index (χ2n) is 4.04. The second kappa shape index (κ2) is 4.33. The number of benzene rings is 1. The first-order valence-electron chi connectivity index (χ1n) is 5.42. The van der Waals surface area contributed by atoms with Crippen LogP contribution in [0.15, 0.2) is 33.4 Å². The van der Waals surface area contributed by atoms with Crippen LogP contribution in [0.3, 0.4) is 0 Å². The van der Waals surface area contributed by atoms with Crippen LogP contribution < -0.4 is 5.73 Å². The van der Waals surface area contributed by atoms with Gasteiger partial charge in [0.15, 0.2) is 5.82 Å². The van der Waals surface area contributed by atoms with Crippen molar-refractivity contribution in [2.75, 3.05) is 5.73 Å². The van der Waals surface area contributed by atoms with Gasteiger partial charge in [0.05, 0.1) is 9.30 Å². The molecule has 0 radical (unpaired) electrons. The minimum absolute atomic E-state index is 0.529. The van der Waals surface area contributed by atoms with E-state index >= 15 is 0 Å². The average Bonchev–Trinajstić information content (AvgIpc) is 2.77. The van der Waals surface area contributed by atoms with E-state index in [-0.39, 0.29) is 0 Å². The van der Waals surface area contributed by atoms with Crippen molar-refractivity contribution in [3.8, 4) is 11.4 Å². The van der Waals surface area contributed by atoms with Crippen LogP contribution in [0.4, 0.5) is 5.82 Å². The molecule has 2 heterocycles. The molecule has 18 heavy (non-hydrogen) atoms. The van der Waals surface area contributed by atoms with Crippen molar-refractivity contribution in [3.05, 3.63) is 39.0 Å². The first-order chi connectivity index (χ1) is 8.65. The van der Waals surface area contributed by atoms with Gasteiger partial charge in [-0.1, -0.05) is 12.1 Å². The van der Waals surface area contributed by atoms with Crippen LogP contribution in [0.2, 0.25) is 0 Å². The van der Waals surface area contributed by atoms with Crippen molar-refractivity contribution < 1.29 is 0 Å². The van der Waals surface area contributed by atoms with Gasteiger partial charge in [0.1, 0.15) is 5.82 Å². The predicted molar refractivity (Wildman–Crippen MR) is 79.7 cm³/mol. The lowest BCUT2D eigenvalue weighted by atomic mass is 10.1. The van der Waals surface area contributed by atoms with Crippen molar-refractivity contribution in [1.82, 2.24) is 9.97 Å². The fourth-order valence-corrected chi connectivity index (χ4v) is 3.01. The predicted octanol–water partition coefficient (Wildman–Crippen LogP) is 4.01. The van der Waals surface area contributed by atoms with E-state index in [1.807, 2.05) is 36.6 Å². The van der Waals surface area contributed by atoms with Crippen LogP contribution in [0.25, 0.3) is 22.3 Å². The molecule has 0 spiro atoms. The van der Waals surface area contributed by atoms with Gasteiger partial charge in [-0.05, 0) is 40.5 Å². The third-order valence-electron chi connectivity index (χ3n) is 2.78. The van der Waals surface area contributed by atoms with Crippen LogP contribution in [-0.2, 0) is 0 Å². The van der Waals surface area contributed by atoms with E-state index in [1.54, 1.807) is 11.3 Å². The van der Waals surface area contributed by atoms with E-state index in [4.69, 9.17) is 5.73 Å². The zero-order valence-electron chi connectivity index (χ0n) is 9.64. The van der Waals surface area contributed by atoms with Crippen LogP contribution in [0.1, 0.15) is 5.56 Å². The molecule has 0 aliphatic heterocycles. The molecule has 0 fully saturated rings. The van der Waals surface area contributed by atoms with Gasteiger partial charge in [-0.3, -0.25) is 0 Å². The van der Waals surface area contributed by atoms with E-state index in [1.165, 1.54) is 0 Å². The summed E-state index contributed by atoms with van der Waals surface area (Å²) in [7, 11) is 0. The van der Waals surface area contributed by atoms with E-state index in [0.717, 1.165) is 25.8 Å². The number of para-hydroxylation sites is 1. The quantitative estimate of drug-likeness (QED) is 0.737. The van der Waals surface area contributed by atoms with E-state index in [2.05, 4.69) is 25.9 Å². The summed E-state index contributed by atoms with van der Waals surface area (Å²) >= 11 is 5.05. The maximum Gasteiger partial charge on any atom is 0.163 e. The Morgan fingerprint density at radius 1 is 1.28 bits per heavy atom. The zero-order chi connectivity index (χ0) is 12.7. The number of fused-ring (bicyclic) bond motifs is 1.